The molecule has 0 atom stereocenters. The molecule has 17 heteroatoms. The highest BCUT2D eigenvalue weighted by Crippen LogP contribution is 2.37. The van der Waals surface area contributed by atoms with Gasteiger partial charge < -0.3 is 29.5 Å². The topological polar surface area (TPSA) is 150 Å². The Morgan fingerprint density at radius 3 is 1.77 bits per heavy atom. The Hall–Kier alpha value is -5.54. The third-order valence-electron chi connectivity index (χ3n) is 9.77. The van der Waals surface area contributed by atoms with Gasteiger partial charge in [-0.2, -0.15) is 14.6 Å². The highest BCUT2D eigenvalue weighted by molar-refractivity contribution is 7.80. The average Bonchev–Trinajstić information content (AvgIpc) is 3.37. The highest BCUT2D eigenvalue weighted by atomic mass is 32.1. The molecule has 1 N–H and O–H groups in total. The van der Waals surface area contributed by atoms with Crippen LogP contribution in [0.1, 0.15) is 85.3 Å². The molecule has 3 amide bonds. The minimum atomic E-state index is -0.778. The fourth-order valence-corrected chi connectivity index (χ4v) is 7.67. The van der Waals surface area contributed by atoms with E-state index in [1.807, 2.05) is 51.7 Å². The van der Waals surface area contributed by atoms with Crippen LogP contribution in [0.3, 0.4) is 0 Å². The van der Waals surface area contributed by atoms with Crippen LogP contribution < -0.4 is 10.2 Å². The van der Waals surface area contributed by atoms with Crippen LogP contribution in [0.2, 0.25) is 0 Å². The summed E-state index contributed by atoms with van der Waals surface area (Å²) in [5.41, 5.74) is 3.74. The minimum Gasteiger partial charge on any atom is -0.450 e. The van der Waals surface area contributed by atoms with Crippen molar-refractivity contribution in [1.29, 1.82) is 0 Å². The molecule has 15 nitrogen and oxygen atoms in total. The molecule has 0 radical (unpaired) electrons. The Morgan fingerprint density at radius 1 is 0.883 bits per heavy atom. The molecule has 2 aromatic rings. The van der Waals surface area contributed by atoms with Gasteiger partial charge in [0.1, 0.15) is 5.54 Å². The minimum absolute atomic E-state index is 0.0701. The Balaban J connectivity index is 0.000000335. The predicted octanol–water partition coefficient (Wildman–Crippen LogP) is 8.57. The molecule has 0 bridgehead atoms. The fraction of sp³-hybridized carbons (Fsp3) is 0.535. The molecule has 2 aromatic carbocycles. The van der Waals surface area contributed by atoms with Gasteiger partial charge in [0.15, 0.2) is 16.5 Å². The molecule has 0 aliphatic carbocycles. The van der Waals surface area contributed by atoms with Crippen LogP contribution in [0.15, 0.2) is 41.4 Å². The van der Waals surface area contributed by atoms with Crippen molar-refractivity contribution < 1.29 is 33.4 Å². The predicted molar refractivity (Wildman–Crippen MR) is 237 cm³/mol. The first kappa shape index (κ1) is 50.6. The van der Waals surface area contributed by atoms with Crippen LogP contribution in [0.25, 0.3) is 9.69 Å². The summed E-state index contributed by atoms with van der Waals surface area (Å²) in [6, 6.07) is 11.2. The van der Waals surface area contributed by atoms with Crippen molar-refractivity contribution in [3.8, 4) is 0 Å². The number of rotatable bonds is 6. The standard InChI is InChI=1S/C21H26N4O3S.C12H24N2O2.C9H6N2S.CO2/c1-6-28-20(27)23-11-9-15(10-12-23)25-19(29)24(18(26)21(25,3)4)16-7-8-17(22-5)14(2)13-16;1-5-16-11(15)14-8-6-10(7-9-14)13-12(2,3)4;1-7-5-8(11-6-12)3-4-9(7)10-2;2-1-3/h7-8,13,15H,6,9-12H2,1-4H3;10,13H,5-9H2,1-4H3;3-5H,1H3;. The normalized spacial score (nSPS) is 16.2. The SMILES string of the molecule is CCOC(=O)N1CCC(NC(C)(C)C)CC1.O=C=O.[C-]#[N+]c1ccc(N2C(=O)C(C)(C)N(C3CCN(C(=O)OCC)CC3)C2=S)cc1C.[C-]#[N+]c1ccc(N=C=S)cc1C. The van der Waals surface area contributed by atoms with E-state index < -0.39 is 5.54 Å². The maximum Gasteiger partial charge on any atom is 0.409 e. The van der Waals surface area contributed by atoms with Crippen molar-refractivity contribution in [2.75, 3.05) is 44.3 Å². The lowest BCUT2D eigenvalue weighted by atomic mass is 9.96. The van der Waals surface area contributed by atoms with Gasteiger partial charge in [-0.3, -0.25) is 9.69 Å². The monoisotopic (exact) mass is 860 g/mol. The van der Waals surface area contributed by atoms with Crippen molar-refractivity contribution >= 4 is 81.7 Å². The number of nitrogens with zero attached hydrogens (tertiary/aromatic N) is 7. The van der Waals surface area contributed by atoms with E-state index in [1.165, 1.54) is 0 Å². The van der Waals surface area contributed by atoms with E-state index in [0.717, 1.165) is 55.6 Å². The molecular formula is C43H56N8O7S2. The first-order valence-electron chi connectivity index (χ1n) is 19.7. The van der Waals surface area contributed by atoms with Gasteiger partial charge in [-0.05, 0) is 148 Å². The second kappa shape index (κ2) is 23.9. The molecule has 3 fully saturated rings. The number of aliphatic imine (C=N–C) groups is 1. The molecule has 0 spiro atoms. The van der Waals surface area contributed by atoms with Gasteiger partial charge in [-0.1, -0.05) is 12.1 Å². The number of amides is 3. The van der Waals surface area contributed by atoms with Crippen LogP contribution in [-0.2, 0) is 23.9 Å². The molecule has 60 heavy (non-hydrogen) atoms. The number of hydrogen-bond acceptors (Lipinski definition) is 11. The Morgan fingerprint density at radius 2 is 1.35 bits per heavy atom. The van der Waals surface area contributed by atoms with Crippen LogP contribution in [0.4, 0.5) is 32.3 Å². The second-order valence-corrected chi connectivity index (χ2v) is 16.1. The maximum atomic E-state index is 13.3. The van der Waals surface area contributed by atoms with Gasteiger partial charge in [-0.25, -0.2) is 19.3 Å². The number of likely N-dealkylation sites (tertiary alicyclic amines) is 2. The van der Waals surface area contributed by atoms with Gasteiger partial charge >= 0.3 is 18.3 Å². The number of anilines is 1. The summed E-state index contributed by atoms with van der Waals surface area (Å²) in [7, 11) is 0. The fourth-order valence-electron chi connectivity index (χ4n) is 7.00. The molecule has 3 aliphatic heterocycles. The molecular weight excluding hydrogens is 805 g/mol. The van der Waals surface area contributed by atoms with Crippen LogP contribution in [-0.4, -0.2) is 112 Å². The molecule has 0 aromatic heterocycles. The number of thiocarbonyl (C=S) groups is 2. The number of nitrogens with one attached hydrogen (secondary N) is 1. The number of carbonyl (C=O) groups is 3. The number of ether oxygens (including phenoxy) is 2. The van der Waals surface area contributed by atoms with E-state index in [2.05, 4.69) is 58.1 Å². The van der Waals surface area contributed by atoms with Crippen molar-refractivity contribution in [3.63, 3.8) is 0 Å². The highest BCUT2D eigenvalue weighted by Gasteiger charge is 2.52. The Bertz CT molecular complexity index is 1990. The Kier molecular flexibility index (Phi) is 20.2. The number of aryl methyl sites for hydroxylation is 2. The van der Waals surface area contributed by atoms with E-state index in [1.54, 1.807) is 45.9 Å². The van der Waals surface area contributed by atoms with E-state index in [0.29, 0.717) is 54.5 Å². The first-order valence-corrected chi connectivity index (χ1v) is 20.5. The zero-order chi connectivity index (χ0) is 45.2. The third kappa shape index (κ3) is 14.3. The van der Waals surface area contributed by atoms with Gasteiger partial charge in [0.25, 0.3) is 5.91 Å². The lowest BCUT2D eigenvalue weighted by molar-refractivity contribution is -0.191. The zero-order valence-corrected chi connectivity index (χ0v) is 37.6. The lowest BCUT2D eigenvalue weighted by Crippen LogP contribution is -2.54. The van der Waals surface area contributed by atoms with Crippen LogP contribution >= 0.6 is 24.4 Å². The first-order chi connectivity index (χ1) is 28.3. The van der Waals surface area contributed by atoms with Crippen LogP contribution in [0.5, 0.6) is 0 Å². The molecule has 3 heterocycles. The van der Waals surface area contributed by atoms with E-state index in [4.69, 9.17) is 44.4 Å². The number of benzene rings is 2. The summed E-state index contributed by atoms with van der Waals surface area (Å²) in [6.07, 6.45) is 3.25. The second-order valence-electron chi connectivity index (χ2n) is 15.6. The van der Waals surface area contributed by atoms with E-state index in [-0.39, 0.29) is 35.8 Å². The quantitative estimate of drug-likeness (QED) is 0.169. The summed E-state index contributed by atoms with van der Waals surface area (Å²) < 4.78 is 10.1. The van der Waals surface area contributed by atoms with Gasteiger partial charge in [0.05, 0.1) is 37.2 Å². The van der Waals surface area contributed by atoms with Crippen molar-refractivity contribution in [1.82, 2.24) is 20.0 Å². The average molecular weight is 861 g/mol. The van der Waals surface area contributed by atoms with Gasteiger partial charge in [0, 0.05) is 49.5 Å². The van der Waals surface area contributed by atoms with Crippen molar-refractivity contribution in [2.45, 2.75) is 111 Å². The largest absolute Gasteiger partial charge is 0.450 e. The smallest absolute Gasteiger partial charge is 0.409 e. The van der Waals surface area contributed by atoms with E-state index >= 15 is 0 Å². The molecule has 3 saturated heterocycles. The molecule has 0 unspecified atom stereocenters. The number of piperidine rings is 2. The Labute approximate surface area is 364 Å². The number of isothiocyanates is 1. The van der Waals surface area contributed by atoms with Gasteiger partial charge in [0.2, 0.25) is 0 Å². The molecule has 322 valence electrons. The van der Waals surface area contributed by atoms with Gasteiger partial charge in [-0.15, -0.1) is 0 Å². The van der Waals surface area contributed by atoms with Crippen molar-refractivity contribution in [3.05, 3.63) is 70.4 Å². The van der Waals surface area contributed by atoms with Crippen molar-refractivity contribution in [2.24, 2.45) is 4.99 Å². The van der Waals surface area contributed by atoms with E-state index in [9.17, 15) is 14.4 Å². The summed E-state index contributed by atoms with van der Waals surface area (Å²) in [6.45, 7) is 35.2. The summed E-state index contributed by atoms with van der Waals surface area (Å²) >= 11 is 10.2. The number of hydrogen-bond donors (Lipinski definition) is 1. The number of carbonyl (C=O) groups excluding carboxylic acids is 5. The molecule has 5 rings (SSSR count). The lowest BCUT2D eigenvalue weighted by Gasteiger charge is -2.41. The third-order valence-corrected chi connectivity index (χ3v) is 10.2. The molecule has 0 saturated carbocycles. The molecule has 3 aliphatic rings. The zero-order valence-electron chi connectivity index (χ0n) is 36.0. The van der Waals surface area contributed by atoms with Crippen LogP contribution in [0, 0.1) is 27.0 Å². The summed E-state index contributed by atoms with van der Waals surface area (Å²) in [5, 5.41) is 6.33. The maximum absolute atomic E-state index is 13.3. The summed E-state index contributed by atoms with van der Waals surface area (Å²) in [4.78, 5) is 70.7. The summed E-state index contributed by atoms with van der Waals surface area (Å²) in [5.74, 6) is -0.0784.